The molecular weight excluding hydrogens is 248 g/mol. The molecule has 20 heavy (non-hydrogen) atoms. The first kappa shape index (κ1) is 14.4. The summed E-state index contributed by atoms with van der Waals surface area (Å²) < 4.78 is 5.76. The summed E-state index contributed by atoms with van der Waals surface area (Å²) in [6.07, 6.45) is 5.45. The summed E-state index contributed by atoms with van der Waals surface area (Å²) in [5.41, 5.74) is 2.44. The molecule has 0 fully saturated rings. The van der Waals surface area contributed by atoms with Crippen molar-refractivity contribution in [1.82, 2.24) is 4.98 Å². The first-order valence-electron chi connectivity index (χ1n) is 7.16. The first-order chi connectivity index (χ1) is 9.81. The lowest BCUT2D eigenvalue weighted by atomic mass is 10.1. The largest absolute Gasteiger partial charge is 0.489 e. The second kappa shape index (κ2) is 7.53. The maximum Gasteiger partial charge on any atom is 0.125 e. The number of pyridine rings is 1. The van der Waals surface area contributed by atoms with Crippen molar-refractivity contribution in [2.45, 2.75) is 32.8 Å². The van der Waals surface area contributed by atoms with Crippen molar-refractivity contribution in [2.24, 2.45) is 0 Å². The number of aryl methyl sites for hydroxylation is 1. The highest BCUT2D eigenvalue weighted by molar-refractivity contribution is 5.34. The van der Waals surface area contributed by atoms with Crippen molar-refractivity contribution >= 4 is 5.82 Å². The topological polar surface area (TPSA) is 34.1 Å². The van der Waals surface area contributed by atoms with Gasteiger partial charge < -0.3 is 10.1 Å². The molecule has 0 saturated heterocycles. The molecule has 0 bridgehead atoms. The maximum atomic E-state index is 5.76. The highest BCUT2D eigenvalue weighted by atomic mass is 16.5. The SMILES string of the molecule is CCCCc1ccc(OCc2ccc(NC)nc2)cc1. The number of unbranched alkanes of at least 4 members (excludes halogenated alkanes) is 1. The van der Waals surface area contributed by atoms with Gasteiger partial charge in [-0.1, -0.05) is 31.5 Å². The number of anilines is 1. The van der Waals surface area contributed by atoms with Crippen molar-refractivity contribution in [3.63, 3.8) is 0 Å². The maximum absolute atomic E-state index is 5.76. The molecule has 1 N–H and O–H groups in total. The van der Waals surface area contributed by atoms with Crippen LogP contribution in [0.4, 0.5) is 5.82 Å². The number of aromatic nitrogens is 1. The number of rotatable bonds is 7. The van der Waals surface area contributed by atoms with Gasteiger partial charge in [-0.3, -0.25) is 0 Å². The van der Waals surface area contributed by atoms with Gasteiger partial charge in [-0.15, -0.1) is 0 Å². The van der Waals surface area contributed by atoms with Gasteiger partial charge in [0.1, 0.15) is 18.2 Å². The van der Waals surface area contributed by atoms with Gasteiger partial charge in [0.25, 0.3) is 0 Å². The smallest absolute Gasteiger partial charge is 0.125 e. The summed E-state index contributed by atoms with van der Waals surface area (Å²) in [4.78, 5) is 4.27. The predicted octanol–water partition coefficient (Wildman–Crippen LogP) is 4.04. The van der Waals surface area contributed by atoms with E-state index in [0.717, 1.165) is 23.6 Å². The molecule has 1 aromatic carbocycles. The predicted molar refractivity (Wildman–Crippen MR) is 83.2 cm³/mol. The molecule has 0 aliphatic carbocycles. The van der Waals surface area contributed by atoms with Gasteiger partial charge in [0.05, 0.1) is 0 Å². The number of nitrogens with one attached hydrogen (secondary N) is 1. The highest BCUT2D eigenvalue weighted by Gasteiger charge is 1.98. The quantitative estimate of drug-likeness (QED) is 0.824. The standard InChI is InChI=1S/C17H22N2O/c1-3-4-5-14-6-9-16(10-7-14)20-13-15-8-11-17(18-2)19-12-15/h6-12H,3-5,13H2,1-2H3,(H,18,19). The van der Waals surface area contributed by atoms with Crippen molar-refractivity contribution < 1.29 is 4.74 Å². The van der Waals surface area contributed by atoms with E-state index in [0.29, 0.717) is 6.61 Å². The van der Waals surface area contributed by atoms with Gasteiger partial charge in [-0.05, 0) is 36.6 Å². The Hall–Kier alpha value is -2.03. The van der Waals surface area contributed by atoms with E-state index in [-0.39, 0.29) is 0 Å². The van der Waals surface area contributed by atoms with E-state index in [9.17, 15) is 0 Å². The van der Waals surface area contributed by atoms with Gasteiger partial charge in [0.2, 0.25) is 0 Å². The van der Waals surface area contributed by atoms with Crippen LogP contribution in [0.5, 0.6) is 5.75 Å². The monoisotopic (exact) mass is 270 g/mol. The minimum atomic E-state index is 0.547. The van der Waals surface area contributed by atoms with Crippen LogP contribution in [0.1, 0.15) is 30.9 Å². The van der Waals surface area contributed by atoms with Crippen LogP contribution in [-0.2, 0) is 13.0 Å². The highest BCUT2D eigenvalue weighted by Crippen LogP contribution is 2.15. The third kappa shape index (κ3) is 4.26. The van der Waals surface area contributed by atoms with Crippen LogP contribution >= 0.6 is 0 Å². The normalized spacial score (nSPS) is 10.3. The molecule has 0 atom stereocenters. The summed E-state index contributed by atoms with van der Waals surface area (Å²) in [7, 11) is 1.86. The number of hydrogen-bond donors (Lipinski definition) is 1. The third-order valence-corrected chi connectivity index (χ3v) is 3.23. The molecule has 0 aliphatic rings. The fourth-order valence-electron chi connectivity index (χ4n) is 1.96. The van der Waals surface area contributed by atoms with Crippen LogP contribution in [0.2, 0.25) is 0 Å². The molecule has 106 valence electrons. The summed E-state index contributed by atoms with van der Waals surface area (Å²) in [6.45, 7) is 2.76. The van der Waals surface area contributed by atoms with E-state index in [1.165, 1.54) is 18.4 Å². The molecule has 0 radical (unpaired) electrons. The zero-order valence-corrected chi connectivity index (χ0v) is 12.2. The van der Waals surface area contributed by atoms with E-state index in [2.05, 4.69) is 29.4 Å². The lowest BCUT2D eigenvalue weighted by molar-refractivity contribution is 0.305. The van der Waals surface area contributed by atoms with Crippen molar-refractivity contribution in [3.05, 3.63) is 53.7 Å². The molecule has 3 nitrogen and oxygen atoms in total. The van der Waals surface area contributed by atoms with E-state index in [4.69, 9.17) is 4.74 Å². The molecule has 1 aromatic heterocycles. The van der Waals surface area contributed by atoms with Crippen LogP contribution in [0.15, 0.2) is 42.6 Å². The van der Waals surface area contributed by atoms with Crippen LogP contribution in [0.3, 0.4) is 0 Å². The Morgan fingerprint density at radius 1 is 1.05 bits per heavy atom. The average molecular weight is 270 g/mol. The Balaban J connectivity index is 1.86. The molecule has 0 spiro atoms. The van der Waals surface area contributed by atoms with Gasteiger partial charge in [-0.25, -0.2) is 4.98 Å². The van der Waals surface area contributed by atoms with Crippen molar-refractivity contribution in [1.29, 1.82) is 0 Å². The van der Waals surface area contributed by atoms with Gasteiger partial charge in [0.15, 0.2) is 0 Å². The fraction of sp³-hybridized carbons (Fsp3) is 0.353. The number of ether oxygens (including phenoxy) is 1. The Bertz CT molecular complexity index is 506. The minimum Gasteiger partial charge on any atom is -0.489 e. The Kier molecular flexibility index (Phi) is 5.42. The van der Waals surface area contributed by atoms with Gasteiger partial charge >= 0.3 is 0 Å². The number of nitrogens with zero attached hydrogens (tertiary/aromatic N) is 1. The summed E-state index contributed by atoms with van der Waals surface area (Å²) in [5, 5.41) is 3.00. The molecule has 0 aliphatic heterocycles. The van der Waals surface area contributed by atoms with Crippen LogP contribution in [0.25, 0.3) is 0 Å². The Morgan fingerprint density at radius 3 is 2.40 bits per heavy atom. The molecule has 0 saturated carbocycles. The molecule has 2 rings (SSSR count). The minimum absolute atomic E-state index is 0.547. The lowest BCUT2D eigenvalue weighted by Crippen LogP contribution is -1.98. The van der Waals surface area contributed by atoms with E-state index < -0.39 is 0 Å². The first-order valence-corrected chi connectivity index (χ1v) is 7.16. The fourth-order valence-corrected chi connectivity index (χ4v) is 1.96. The summed E-state index contributed by atoms with van der Waals surface area (Å²) in [5.74, 6) is 1.77. The van der Waals surface area contributed by atoms with Gasteiger partial charge in [-0.2, -0.15) is 0 Å². The second-order valence-electron chi connectivity index (χ2n) is 4.84. The van der Waals surface area contributed by atoms with E-state index in [1.807, 2.05) is 37.5 Å². The Labute approximate surface area is 121 Å². The molecule has 1 heterocycles. The zero-order chi connectivity index (χ0) is 14.2. The zero-order valence-electron chi connectivity index (χ0n) is 12.2. The van der Waals surface area contributed by atoms with Crippen molar-refractivity contribution in [2.75, 3.05) is 12.4 Å². The van der Waals surface area contributed by atoms with E-state index in [1.54, 1.807) is 0 Å². The molecule has 0 amide bonds. The van der Waals surface area contributed by atoms with Crippen molar-refractivity contribution in [3.8, 4) is 5.75 Å². The summed E-state index contributed by atoms with van der Waals surface area (Å²) in [6, 6.07) is 12.3. The molecule has 2 aromatic rings. The summed E-state index contributed by atoms with van der Waals surface area (Å²) >= 11 is 0. The number of hydrogen-bond acceptors (Lipinski definition) is 3. The van der Waals surface area contributed by atoms with Gasteiger partial charge in [0, 0.05) is 18.8 Å². The Morgan fingerprint density at radius 2 is 1.80 bits per heavy atom. The third-order valence-electron chi connectivity index (χ3n) is 3.23. The molecular formula is C17H22N2O. The second-order valence-corrected chi connectivity index (χ2v) is 4.84. The van der Waals surface area contributed by atoms with Crippen LogP contribution in [-0.4, -0.2) is 12.0 Å². The lowest BCUT2D eigenvalue weighted by Gasteiger charge is -2.08. The van der Waals surface area contributed by atoms with Crippen LogP contribution < -0.4 is 10.1 Å². The van der Waals surface area contributed by atoms with E-state index >= 15 is 0 Å². The molecule has 3 heteroatoms. The molecule has 0 unspecified atom stereocenters. The van der Waals surface area contributed by atoms with Crippen LogP contribution in [0, 0.1) is 0 Å². The number of benzene rings is 1. The average Bonchev–Trinajstić information content (AvgIpc) is 2.52.